The Labute approximate surface area is 157 Å². The summed E-state index contributed by atoms with van der Waals surface area (Å²) in [5.41, 5.74) is 1.33. The topological polar surface area (TPSA) is 89.8 Å². The third-order valence-electron chi connectivity index (χ3n) is 4.14. The number of hydrogen-bond donors (Lipinski definition) is 0. The molecule has 9 heteroatoms. The first-order chi connectivity index (χ1) is 12.1. The van der Waals surface area contributed by atoms with Gasteiger partial charge in [0.15, 0.2) is 0 Å². The maximum Gasteiger partial charge on any atom is 0.271 e. The van der Waals surface area contributed by atoms with Crippen molar-refractivity contribution in [3.8, 4) is 5.75 Å². The average molecular weight is 399 g/mol. The lowest BCUT2D eigenvalue weighted by Crippen LogP contribution is -2.27. The molecule has 0 N–H and O–H groups in total. The molecule has 140 valence electrons. The standard InChI is InChI=1S/C17H19ClN2O5S/c1-11-7-15(20(21)22)9-17(12(11)2)26(23,24)19(3)10-13-8-14(18)5-6-16(13)25-4/h5-9H,10H2,1-4H3. The first-order valence-electron chi connectivity index (χ1n) is 7.62. The number of non-ortho nitro benzene ring substituents is 1. The van der Waals surface area contributed by atoms with E-state index in [-0.39, 0.29) is 17.1 Å². The number of halogens is 1. The minimum absolute atomic E-state index is 0.00719. The van der Waals surface area contributed by atoms with Crippen LogP contribution in [-0.4, -0.2) is 31.8 Å². The lowest BCUT2D eigenvalue weighted by Gasteiger charge is -2.20. The van der Waals surface area contributed by atoms with Gasteiger partial charge < -0.3 is 4.74 Å². The van der Waals surface area contributed by atoms with E-state index in [4.69, 9.17) is 16.3 Å². The SMILES string of the molecule is COc1ccc(Cl)cc1CN(C)S(=O)(=O)c1cc([N+](=O)[O-])cc(C)c1C. The molecule has 26 heavy (non-hydrogen) atoms. The van der Waals surface area contributed by atoms with Gasteiger partial charge in [-0.3, -0.25) is 10.1 Å². The number of rotatable bonds is 6. The maximum absolute atomic E-state index is 13.0. The molecule has 0 amide bonds. The Balaban J connectivity index is 2.48. The number of aryl methyl sites for hydroxylation is 1. The van der Waals surface area contributed by atoms with Crippen LogP contribution in [0.25, 0.3) is 0 Å². The molecule has 0 saturated heterocycles. The minimum Gasteiger partial charge on any atom is -0.496 e. The number of benzene rings is 2. The van der Waals surface area contributed by atoms with Crippen LogP contribution in [0.15, 0.2) is 35.2 Å². The van der Waals surface area contributed by atoms with Crippen LogP contribution in [0.4, 0.5) is 5.69 Å². The molecule has 0 aromatic heterocycles. The molecule has 0 unspecified atom stereocenters. The number of nitro benzene ring substituents is 1. The number of methoxy groups -OCH3 is 1. The quantitative estimate of drug-likeness (QED) is 0.546. The normalized spacial score (nSPS) is 11.6. The van der Waals surface area contributed by atoms with Gasteiger partial charge in [-0.25, -0.2) is 8.42 Å². The number of ether oxygens (including phenoxy) is 1. The molecule has 0 atom stereocenters. The van der Waals surface area contributed by atoms with Gasteiger partial charge >= 0.3 is 0 Å². The van der Waals surface area contributed by atoms with Crippen LogP contribution in [-0.2, 0) is 16.6 Å². The summed E-state index contributed by atoms with van der Waals surface area (Å²) in [7, 11) is -1.07. The molecule has 0 radical (unpaired) electrons. The lowest BCUT2D eigenvalue weighted by molar-refractivity contribution is -0.385. The minimum atomic E-state index is -3.95. The van der Waals surface area contributed by atoms with E-state index in [0.29, 0.717) is 27.5 Å². The number of nitro groups is 1. The Kier molecular flexibility index (Phi) is 5.90. The van der Waals surface area contributed by atoms with Crippen LogP contribution >= 0.6 is 11.6 Å². The molecule has 0 spiro atoms. The molecule has 0 heterocycles. The van der Waals surface area contributed by atoms with Crippen molar-refractivity contribution in [3.05, 3.63) is 62.2 Å². The molecule has 0 aliphatic rings. The van der Waals surface area contributed by atoms with Crippen LogP contribution in [0.5, 0.6) is 5.75 Å². The van der Waals surface area contributed by atoms with Gasteiger partial charge in [-0.2, -0.15) is 4.31 Å². The van der Waals surface area contributed by atoms with Crippen LogP contribution in [0.3, 0.4) is 0 Å². The number of hydrogen-bond acceptors (Lipinski definition) is 5. The highest BCUT2D eigenvalue weighted by molar-refractivity contribution is 7.89. The second-order valence-corrected chi connectivity index (χ2v) is 8.31. The Hall–Kier alpha value is -2.16. The highest BCUT2D eigenvalue weighted by Crippen LogP contribution is 2.30. The highest BCUT2D eigenvalue weighted by atomic mass is 35.5. The summed E-state index contributed by atoms with van der Waals surface area (Å²) in [6.45, 7) is 3.27. The van der Waals surface area contributed by atoms with Crippen molar-refractivity contribution in [1.82, 2.24) is 4.31 Å². The third kappa shape index (κ3) is 3.98. The fourth-order valence-corrected chi connectivity index (χ4v) is 4.20. The van der Waals surface area contributed by atoms with E-state index in [0.717, 1.165) is 10.4 Å². The second-order valence-electron chi connectivity index (χ2n) is 5.86. The monoisotopic (exact) mass is 398 g/mol. The van der Waals surface area contributed by atoms with Crippen LogP contribution in [0, 0.1) is 24.0 Å². The van der Waals surface area contributed by atoms with Gasteiger partial charge in [-0.05, 0) is 43.2 Å². The van der Waals surface area contributed by atoms with Crippen molar-refractivity contribution in [2.45, 2.75) is 25.3 Å². The number of sulfonamides is 1. The molecule has 2 rings (SSSR count). The van der Waals surface area contributed by atoms with Gasteiger partial charge in [0.05, 0.1) is 16.9 Å². The van der Waals surface area contributed by atoms with Crippen molar-refractivity contribution < 1.29 is 18.1 Å². The molecule has 2 aromatic carbocycles. The molecular weight excluding hydrogens is 380 g/mol. The van der Waals surface area contributed by atoms with Gasteiger partial charge in [0.25, 0.3) is 5.69 Å². The first kappa shape index (κ1) is 20.2. The molecule has 0 aliphatic heterocycles. The molecule has 0 saturated carbocycles. The predicted octanol–water partition coefficient (Wildman–Crippen LogP) is 3.69. The second kappa shape index (κ2) is 7.61. The zero-order chi connectivity index (χ0) is 19.6. The summed E-state index contributed by atoms with van der Waals surface area (Å²) < 4.78 is 32.4. The Morgan fingerprint density at radius 3 is 2.46 bits per heavy atom. The van der Waals surface area contributed by atoms with Crippen LogP contribution in [0.1, 0.15) is 16.7 Å². The third-order valence-corrected chi connectivity index (χ3v) is 6.30. The van der Waals surface area contributed by atoms with Crippen molar-refractivity contribution in [2.24, 2.45) is 0 Å². The molecule has 7 nitrogen and oxygen atoms in total. The zero-order valence-electron chi connectivity index (χ0n) is 14.8. The number of nitrogens with zero attached hydrogens (tertiary/aromatic N) is 2. The summed E-state index contributed by atoms with van der Waals surface area (Å²) in [5, 5.41) is 11.5. The summed E-state index contributed by atoms with van der Waals surface area (Å²) in [4.78, 5) is 10.4. The van der Waals surface area contributed by atoms with Crippen molar-refractivity contribution in [3.63, 3.8) is 0 Å². The summed E-state index contributed by atoms with van der Waals surface area (Å²) >= 11 is 5.99. The van der Waals surface area contributed by atoms with E-state index in [2.05, 4.69) is 0 Å². The van der Waals surface area contributed by atoms with Gasteiger partial charge in [-0.1, -0.05) is 11.6 Å². The molecule has 0 fully saturated rings. The molecule has 0 bridgehead atoms. The Bertz CT molecular complexity index is 960. The van der Waals surface area contributed by atoms with Crippen LogP contribution in [0.2, 0.25) is 5.02 Å². The van der Waals surface area contributed by atoms with Crippen molar-refractivity contribution in [1.29, 1.82) is 0 Å². The molecular formula is C17H19ClN2O5S. The Morgan fingerprint density at radius 1 is 1.23 bits per heavy atom. The van der Waals surface area contributed by atoms with E-state index in [1.54, 1.807) is 32.0 Å². The first-order valence-corrected chi connectivity index (χ1v) is 9.44. The van der Waals surface area contributed by atoms with E-state index in [1.807, 2.05) is 0 Å². The Morgan fingerprint density at radius 2 is 1.88 bits per heavy atom. The summed E-state index contributed by atoms with van der Waals surface area (Å²) in [5.74, 6) is 0.503. The maximum atomic E-state index is 13.0. The zero-order valence-corrected chi connectivity index (χ0v) is 16.4. The van der Waals surface area contributed by atoms with Gasteiger partial charge in [0.2, 0.25) is 10.0 Å². The largest absolute Gasteiger partial charge is 0.496 e. The van der Waals surface area contributed by atoms with E-state index in [1.165, 1.54) is 20.2 Å². The van der Waals surface area contributed by atoms with Gasteiger partial charge in [0, 0.05) is 36.3 Å². The smallest absolute Gasteiger partial charge is 0.271 e. The van der Waals surface area contributed by atoms with Crippen LogP contribution < -0.4 is 4.74 Å². The van der Waals surface area contributed by atoms with Gasteiger partial charge in [0.1, 0.15) is 5.75 Å². The van der Waals surface area contributed by atoms with E-state index >= 15 is 0 Å². The highest BCUT2D eigenvalue weighted by Gasteiger charge is 2.27. The van der Waals surface area contributed by atoms with E-state index in [9.17, 15) is 18.5 Å². The lowest BCUT2D eigenvalue weighted by atomic mass is 10.1. The van der Waals surface area contributed by atoms with E-state index < -0.39 is 14.9 Å². The van der Waals surface area contributed by atoms with Crippen molar-refractivity contribution in [2.75, 3.05) is 14.2 Å². The summed E-state index contributed by atoms with van der Waals surface area (Å²) in [6, 6.07) is 7.36. The fraction of sp³-hybridized carbons (Fsp3) is 0.294. The summed E-state index contributed by atoms with van der Waals surface area (Å²) in [6.07, 6.45) is 0. The van der Waals surface area contributed by atoms with Gasteiger partial charge in [-0.15, -0.1) is 0 Å². The fourth-order valence-electron chi connectivity index (χ4n) is 2.55. The van der Waals surface area contributed by atoms with Crippen molar-refractivity contribution >= 4 is 27.3 Å². The average Bonchev–Trinajstić information content (AvgIpc) is 2.56. The molecule has 2 aromatic rings. The molecule has 0 aliphatic carbocycles. The predicted molar refractivity (Wildman–Crippen MR) is 99.2 cm³/mol.